The molecule has 0 bridgehead atoms. The van der Waals surface area contributed by atoms with E-state index in [0.717, 1.165) is 103 Å². The Bertz CT molecular complexity index is 1550. The highest BCUT2D eigenvalue weighted by atomic mass is 16.6. The molecule has 360 valence electrons. The number of carbonyl (C=O) groups is 2. The summed E-state index contributed by atoms with van der Waals surface area (Å²) in [6, 6.07) is 0. The highest BCUT2D eigenvalue weighted by Gasteiger charge is 2.64. The fourth-order valence-corrected chi connectivity index (χ4v) is 19.0. The van der Waals surface area contributed by atoms with Gasteiger partial charge in [0, 0.05) is 19.3 Å². The van der Waals surface area contributed by atoms with E-state index in [1.165, 1.54) is 12.8 Å². The highest BCUT2D eigenvalue weighted by Crippen LogP contribution is 2.70. The molecule has 0 aromatic rings. The van der Waals surface area contributed by atoms with E-state index in [4.69, 9.17) is 15.2 Å². The van der Waals surface area contributed by atoms with Crippen molar-refractivity contribution in [2.75, 3.05) is 0 Å². The van der Waals surface area contributed by atoms with Crippen molar-refractivity contribution in [1.82, 2.24) is 0 Å². The molecule has 9 heteroatoms. The number of carbonyl (C=O) groups excluding carboxylic acids is 2. The first kappa shape index (κ1) is 48.2. The molecule has 0 aliphatic heterocycles. The van der Waals surface area contributed by atoms with Crippen LogP contribution in [-0.4, -0.2) is 68.1 Å². The van der Waals surface area contributed by atoms with Crippen molar-refractivity contribution < 1.29 is 39.5 Å². The number of esters is 2. The number of ether oxygens (including phenoxy) is 2. The van der Waals surface area contributed by atoms with Gasteiger partial charge in [0.2, 0.25) is 0 Å². The van der Waals surface area contributed by atoms with E-state index < -0.39 is 11.3 Å². The van der Waals surface area contributed by atoms with Crippen molar-refractivity contribution >= 4 is 11.9 Å². The molecule has 5 unspecified atom stereocenters. The first-order chi connectivity index (χ1) is 29.4. The molecule has 6 N–H and O–H groups in total. The van der Waals surface area contributed by atoms with Crippen LogP contribution in [0.4, 0.5) is 0 Å². The average Bonchev–Trinajstić information content (AvgIpc) is 3.73. The first-order valence-electron chi connectivity index (χ1n) is 26.4. The van der Waals surface area contributed by atoms with Gasteiger partial charge in [-0.1, -0.05) is 41.5 Å². The molecular weight excluding hydrogens is 791 g/mol. The maximum absolute atomic E-state index is 13.4. The molecule has 8 fully saturated rings. The second kappa shape index (κ2) is 17.4. The van der Waals surface area contributed by atoms with Crippen LogP contribution in [-0.2, 0) is 19.1 Å². The van der Waals surface area contributed by atoms with Gasteiger partial charge in [-0.3, -0.25) is 15.3 Å². The van der Waals surface area contributed by atoms with Crippen LogP contribution in [0, 0.1) is 92.7 Å². The maximum Gasteiger partial charge on any atom is 0.307 e. The van der Waals surface area contributed by atoms with Gasteiger partial charge >= 0.3 is 11.9 Å². The lowest BCUT2D eigenvalue weighted by atomic mass is 9.43. The summed E-state index contributed by atoms with van der Waals surface area (Å²) in [5, 5.41) is 44.2. The molecule has 0 radical (unpaired) electrons. The lowest BCUT2D eigenvalue weighted by Crippen LogP contribution is -2.58. The van der Waals surface area contributed by atoms with Gasteiger partial charge in [-0.05, 0) is 229 Å². The van der Waals surface area contributed by atoms with E-state index in [2.05, 4.69) is 41.5 Å². The van der Waals surface area contributed by atoms with Gasteiger partial charge in [0.25, 0.3) is 0 Å². The number of rotatable bonds is 12. The Morgan fingerprint density at radius 2 is 0.952 bits per heavy atom. The minimum absolute atomic E-state index is 0.149. The van der Waals surface area contributed by atoms with Gasteiger partial charge in [-0.2, -0.15) is 0 Å². The number of aliphatic hydroxyl groups excluding tert-OH is 4. The summed E-state index contributed by atoms with van der Waals surface area (Å²) in [4.78, 5) is 26.8. The van der Waals surface area contributed by atoms with Crippen LogP contribution >= 0.6 is 0 Å². The standard InChI is InChI=1S/C54H91NO8/c1-31(37-12-14-39-47-41(20-24-52(37,39)7)50(5)22-18-35(56)26-33(50)28-43(47)58)10-16-45(60)62-49(3,4)30-54(9,55)63-46(61)17-11-32(2)38-13-15-40-48-42(21-25-53(38,40)8)51(6)23-19-36(57)27-34(51)29-44(48)59/h31-44,47-48,56-59H,10-30,55H2,1-9H3/t31-,32-,33?,34?,35-,36-,37-,38-,39?,40?,41+,42+,43+,44+,47+,48+,50+,51+,52-,53-,54?/m1/s1. The summed E-state index contributed by atoms with van der Waals surface area (Å²) in [6.07, 6.45) is 17.8. The zero-order chi connectivity index (χ0) is 45.7. The Balaban J connectivity index is 0.786. The zero-order valence-electron chi connectivity index (χ0n) is 41.1. The van der Waals surface area contributed by atoms with E-state index in [1.54, 1.807) is 6.92 Å². The molecule has 0 amide bonds. The van der Waals surface area contributed by atoms with E-state index in [-0.39, 0.29) is 64.4 Å². The summed E-state index contributed by atoms with van der Waals surface area (Å²) in [7, 11) is 0. The predicted molar refractivity (Wildman–Crippen MR) is 245 cm³/mol. The highest BCUT2D eigenvalue weighted by molar-refractivity contribution is 5.70. The molecule has 8 saturated carbocycles. The third kappa shape index (κ3) is 8.75. The van der Waals surface area contributed by atoms with Gasteiger partial charge < -0.3 is 29.9 Å². The van der Waals surface area contributed by atoms with Crippen molar-refractivity contribution in [3.8, 4) is 0 Å². The van der Waals surface area contributed by atoms with Gasteiger partial charge in [0.1, 0.15) is 5.60 Å². The Morgan fingerprint density at radius 1 is 0.571 bits per heavy atom. The van der Waals surface area contributed by atoms with Crippen molar-refractivity contribution in [3.05, 3.63) is 0 Å². The average molecular weight is 882 g/mol. The summed E-state index contributed by atoms with van der Waals surface area (Å²) >= 11 is 0. The molecule has 63 heavy (non-hydrogen) atoms. The zero-order valence-corrected chi connectivity index (χ0v) is 41.1. The summed E-state index contributed by atoms with van der Waals surface area (Å²) in [6.45, 7) is 19.9. The summed E-state index contributed by atoms with van der Waals surface area (Å²) in [5.41, 5.74) is 5.18. The lowest BCUT2D eigenvalue weighted by Gasteiger charge is -2.62. The van der Waals surface area contributed by atoms with Gasteiger partial charge in [-0.25, -0.2) is 0 Å². The van der Waals surface area contributed by atoms with Crippen LogP contribution in [0.3, 0.4) is 0 Å². The Labute approximate surface area is 381 Å². The van der Waals surface area contributed by atoms with E-state index >= 15 is 0 Å². The predicted octanol–water partition coefficient (Wildman–Crippen LogP) is 9.73. The second-order valence-electron chi connectivity index (χ2n) is 26.1. The van der Waals surface area contributed by atoms with Gasteiger partial charge in [0.05, 0.1) is 24.4 Å². The van der Waals surface area contributed by atoms with E-state index in [9.17, 15) is 30.0 Å². The molecule has 0 aromatic heterocycles. The molecule has 8 aliphatic rings. The van der Waals surface area contributed by atoms with Crippen LogP contribution in [0.2, 0.25) is 0 Å². The molecule has 0 saturated heterocycles. The molecular formula is C54H91NO8. The number of hydrogen-bond acceptors (Lipinski definition) is 9. The van der Waals surface area contributed by atoms with Crippen LogP contribution in [0.15, 0.2) is 0 Å². The molecule has 8 aliphatic carbocycles. The molecule has 9 nitrogen and oxygen atoms in total. The largest absolute Gasteiger partial charge is 0.459 e. The minimum Gasteiger partial charge on any atom is -0.459 e. The minimum atomic E-state index is -1.29. The second-order valence-corrected chi connectivity index (χ2v) is 26.1. The van der Waals surface area contributed by atoms with Crippen LogP contribution in [0.5, 0.6) is 0 Å². The fraction of sp³-hybridized carbons (Fsp3) is 0.963. The summed E-state index contributed by atoms with van der Waals surface area (Å²) < 4.78 is 12.0. The number of hydrogen-bond donors (Lipinski definition) is 5. The Morgan fingerprint density at radius 3 is 1.38 bits per heavy atom. The lowest BCUT2D eigenvalue weighted by molar-refractivity contribution is -0.175. The third-order valence-corrected chi connectivity index (χ3v) is 22.0. The van der Waals surface area contributed by atoms with Crippen molar-refractivity contribution in [3.63, 3.8) is 0 Å². The third-order valence-electron chi connectivity index (χ3n) is 22.0. The maximum atomic E-state index is 13.4. The monoisotopic (exact) mass is 882 g/mol. The van der Waals surface area contributed by atoms with Gasteiger partial charge in [-0.15, -0.1) is 0 Å². The Kier molecular flexibility index (Phi) is 13.3. The summed E-state index contributed by atoms with van der Waals surface area (Å²) in [5.74, 6) is 4.69. The molecule has 21 atom stereocenters. The number of fused-ring (bicyclic) bond motifs is 10. The number of nitrogens with two attached hydrogens (primary N) is 1. The van der Waals surface area contributed by atoms with Crippen LogP contribution in [0.1, 0.15) is 197 Å². The fourth-order valence-electron chi connectivity index (χ4n) is 19.0. The SMILES string of the molecule is C[C@H](CCC(=O)OC(C)(C)CC(C)(N)OC(=O)CC[C@@H](C)[C@H]1CCC2[C@@H]3[C@@H](O)CC4C[C@H](O)CC[C@]4(C)[C@H]3CC[C@@]21C)[C@H]1CCC2[C@@H]3[C@@H](O)CC4C[C@H](O)CC[C@]4(C)[C@H]3CC[C@@]21C. The van der Waals surface area contributed by atoms with Gasteiger partial charge in [0.15, 0.2) is 5.72 Å². The molecule has 0 spiro atoms. The van der Waals surface area contributed by atoms with Crippen molar-refractivity contribution in [2.45, 2.75) is 233 Å². The Hall–Kier alpha value is -1.26. The van der Waals surface area contributed by atoms with E-state index in [0.29, 0.717) is 83.9 Å². The van der Waals surface area contributed by atoms with Crippen LogP contribution < -0.4 is 5.73 Å². The normalized spacial score (nSPS) is 48.8. The number of aliphatic hydroxyl groups is 4. The smallest absolute Gasteiger partial charge is 0.307 e. The van der Waals surface area contributed by atoms with Crippen molar-refractivity contribution in [2.24, 2.45) is 98.4 Å². The first-order valence-corrected chi connectivity index (χ1v) is 26.4. The van der Waals surface area contributed by atoms with Crippen LogP contribution in [0.25, 0.3) is 0 Å². The van der Waals surface area contributed by atoms with E-state index in [1.807, 2.05) is 13.8 Å². The quantitative estimate of drug-likeness (QED) is 0.0950. The topological polar surface area (TPSA) is 160 Å². The van der Waals surface area contributed by atoms with Crippen molar-refractivity contribution in [1.29, 1.82) is 0 Å². The molecule has 0 heterocycles. The molecule has 0 aromatic carbocycles. The molecule has 8 rings (SSSR count).